The first-order valence-electron chi connectivity index (χ1n) is 4.82. The van der Waals surface area contributed by atoms with Gasteiger partial charge in [-0.3, -0.25) is 0 Å². The molecule has 0 amide bonds. The van der Waals surface area contributed by atoms with Crippen molar-refractivity contribution in [2.45, 2.75) is 27.7 Å². The standard InChI is InChI=1S/C10H17N.C2H6/c1-6-9(3)8-10(4)11(5)7-2;1-2/h6,8H,1,3,7H2,2,4-5H3;1-2H3/b10-8+;. The van der Waals surface area contributed by atoms with Crippen LogP contribution in [-0.4, -0.2) is 18.5 Å². The SMILES string of the molecule is C=CC(=C)/C=C(\C)N(C)CC.CC. The van der Waals surface area contributed by atoms with Crippen molar-refractivity contribution in [1.82, 2.24) is 4.90 Å². The molecule has 0 aromatic carbocycles. The van der Waals surface area contributed by atoms with Crippen LogP contribution in [-0.2, 0) is 0 Å². The van der Waals surface area contributed by atoms with Crippen LogP contribution in [0.5, 0.6) is 0 Å². The smallest absolute Gasteiger partial charge is 0.0143 e. The third-order valence-electron chi connectivity index (χ3n) is 1.73. The average molecular weight is 181 g/mol. The summed E-state index contributed by atoms with van der Waals surface area (Å²) in [6, 6.07) is 0. The van der Waals surface area contributed by atoms with Gasteiger partial charge in [0, 0.05) is 19.3 Å². The number of hydrogen-bond donors (Lipinski definition) is 0. The molecule has 0 aliphatic rings. The van der Waals surface area contributed by atoms with Gasteiger partial charge < -0.3 is 4.90 Å². The molecule has 1 nitrogen and oxygen atoms in total. The molecule has 76 valence electrons. The van der Waals surface area contributed by atoms with Crippen LogP contribution in [0, 0.1) is 0 Å². The van der Waals surface area contributed by atoms with E-state index in [9.17, 15) is 0 Å². The van der Waals surface area contributed by atoms with Gasteiger partial charge in [-0.25, -0.2) is 0 Å². The van der Waals surface area contributed by atoms with Crippen LogP contribution in [0.15, 0.2) is 36.6 Å². The molecule has 0 aliphatic carbocycles. The maximum atomic E-state index is 3.81. The van der Waals surface area contributed by atoms with Crippen molar-refractivity contribution in [2.75, 3.05) is 13.6 Å². The van der Waals surface area contributed by atoms with Gasteiger partial charge in [0.25, 0.3) is 0 Å². The van der Waals surface area contributed by atoms with Gasteiger partial charge in [-0.2, -0.15) is 0 Å². The zero-order valence-corrected chi connectivity index (χ0v) is 9.72. The van der Waals surface area contributed by atoms with Crippen LogP contribution in [0.3, 0.4) is 0 Å². The van der Waals surface area contributed by atoms with E-state index < -0.39 is 0 Å². The molecule has 0 heterocycles. The second-order valence-corrected chi connectivity index (χ2v) is 2.58. The highest BCUT2D eigenvalue weighted by Crippen LogP contribution is 2.04. The summed E-state index contributed by atoms with van der Waals surface area (Å²) in [5.41, 5.74) is 2.18. The van der Waals surface area contributed by atoms with E-state index in [1.807, 2.05) is 19.9 Å². The van der Waals surface area contributed by atoms with Gasteiger partial charge in [-0.05, 0) is 25.5 Å². The van der Waals surface area contributed by atoms with Gasteiger partial charge in [-0.15, -0.1) is 0 Å². The molecule has 0 aromatic rings. The molecule has 0 rings (SSSR count). The fraction of sp³-hybridized carbons (Fsp3) is 0.500. The lowest BCUT2D eigenvalue weighted by atomic mass is 10.2. The van der Waals surface area contributed by atoms with Gasteiger partial charge in [0.05, 0.1) is 0 Å². The minimum absolute atomic E-state index is 0.961. The molecule has 0 radical (unpaired) electrons. The van der Waals surface area contributed by atoms with E-state index in [1.54, 1.807) is 6.08 Å². The van der Waals surface area contributed by atoms with Crippen molar-refractivity contribution in [3.05, 3.63) is 36.6 Å². The second kappa shape index (κ2) is 9.11. The fourth-order valence-corrected chi connectivity index (χ4v) is 0.687. The summed E-state index contributed by atoms with van der Waals surface area (Å²) in [6.07, 6.45) is 3.78. The number of allylic oxidation sites excluding steroid dienone is 4. The number of hydrogen-bond acceptors (Lipinski definition) is 1. The predicted molar refractivity (Wildman–Crippen MR) is 62.7 cm³/mol. The van der Waals surface area contributed by atoms with Crippen LogP contribution >= 0.6 is 0 Å². The maximum Gasteiger partial charge on any atom is 0.0143 e. The molecule has 13 heavy (non-hydrogen) atoms. The summed E-state index contributed by atoms with van der Waals surface area (Å²) in [5.74, 6) is 0. The fourth-order valence-electron chi connectivity index (χ4n) is 0.687. The van der Waals surface area contributed by atoms with Gasteiger partial charge in [0.1, 0.15) is 0 Å². The quantitative estimate of drug-likeness (QED) is 0.599. The third kappa shape index (κ3) is 7.38. The molecule has 1 heteroatoms. The number of nitrogens with zero attached hydrogens (tertiary/aromatic N) is 1. The predicted octanol–water partition coefficient (Wildman–Crippen LogP) is 3.61. The zero-order valence-electron chi connectivity index (χ0n) is 9.72. The van der Waals surface area contributed by atoms with E-state index in [2.05, 4.69) is 39.0 Å². The average Bonchev–Trinajstić information content (AvgIpc) is 2.19. The van der Waals surface area contributed by atoms with E-state index >= 15 is 0 Å². The van der Waals surface area contributed by atoms with E-state index in [-0.39, 0.29) is 0 Å². The Balaban J connectivity index is 0. The lowest BCUT2D eigenvalue weighted by molar-refractivity contribution is 0.443. The monoisotopic (exact) mass is 181 g/mol. The van der Waals surface area contributed by atoms with E-state index in [1.165, 1.54) is 5.70 Å². The van der Waals surface area contributed by atoms with Gasteiger partial charge in [0.2, 0.25) is 0 Å². The summed E-state index contributed by atoms with van der Waals surface area (Å²) in [7, 11) is 2.06. The highest BCUT2D eigenvalue weighted by atomic mass is 15.1. The van der Waals surface area contributed by atoms with Gasteiger partial charge >= 0.3 is 0 Å². The van der Waals surface area contributed by atoms with E-state index in [0.717, 1.165) is 12.1 Å². The van der Waals surface area contributed by atoms with Crippen molar-refractivity contribution in [3.8, 4) is 0 Å². The minimum atomic E-state index is 0.961. The van der Waals surface area contributed by atoms with Crippen molar-refractivity contribution in [3.63, 3.8) is 0 Å². The normalized spacial score (nSPS) is 9.77. The second-order valence-electron chi connectivity index (χ2n) is 2.58. The Hall–Kier alpha value is -0.980. The lowest BCUT2D eigenvalue weighted by Crippen LogP contribution is -2.14. The Morgan fingerprint density at radius 1 is 1.38 bits per heavy atom. The molecule has 0 spiro atoms. The van der Waals surface area contributed by atoms with E-state index in [0.29, 0.717) is 0 Å². The Bertz CT molecular complexity index is 178. The summed E-state index contributed by atoms with van der Waals surface area (Å²) >= 11 is 0. The summed E-state index contributed by atoms with van der Waals surface area (Å²) in [5, 5.41) is 0. The first kappa shape index (κ1) is 14.5. The molecule has 0 saturated carbocycles. The molecular weight excluding hydrogens is 158 g/mol. The Kier molecular flexibility index (Phi) is 10.2. The van der Waals surface area contributed by atoms with Crippen molar-refractivity contribution in [2.24, 2.45) is 0 Å². The molecule has 0 unspecified atom stereocenters. The van der Waals surface area contributed by atoms with Crippen LogP contribution in [0.4, 0.5) is 0 Å². The molecule has 0 aromatic heterocycles. The summed E-state index contributed by atoms with van der Waals surface area (Å²) in [6.45, 7) is 16.7. The first-order chi connectivity index (χ1) is 6.11. The molecule has 0 N–H and O–H groups in total. The van der Waals surface area contributed by atoms with Gasteiger partial charge in [-0.1, -0.05) is 33.1 Å². The number of rotatable bonds is 4. The van der Waals surface area contributed by atoms with Crippen molar-refractivity contribution < 1.29 is 0 Å². The Morgan fingerprint density at radius 3 is 2.15 bits per heavy atom. The Labute approximate surface area is 83.5 Å². The van der Waals surface area contributed by atoms with Crippen LogP contribution in [0.1, 0.15) is 27.7 Å². The molecule has 0 saturated heterocycles. The van der Waals surface area contributed by atoms with Crippen molar-refractivity contribution >= 4 is 0 Å². The van der Waals surface area contributed by atoms with Crippen molar-refractivity contribution in [1.29, 1.82) is 0 Å². The van der Waals surface area contributed by atoms with Crippen LogP contribution in [0.2, 0.25) is 0 Å². The van der Waals surface area contributed by atoms with Gasteiger partial charge in [0.15, 0.2) is 0 Å². The molecule has 0 bridgehead atoms. The van der Waals surface area contributed by atoms with Crippen LogP contribution < -0.4 is 0 Å². The largest absolute Gasteiger partial charge is 0.378 e. The Morgan fingerprint density at radius 2 is 1.85 bits per heavy atom. The maximum absolute atomic E-state index is 3.81. The zero-order chi connectivity index (χ0) is 10.9. The lowest BCUT2D eigenvalue weighted by Gasteiger charge is -2.16. The highest BCUT2D eigenvalue weighted by Gasteiger charge is 1.93. The topological polar surface area (TPSA) is 3.24 Å². The molecular formula is C12H23N. The highest BCUT2D eigenvalue weighted by molar-refractivity contribution is 5.27. The van der Waals surface area contributed by atoms with Crippen LogP contribution in [0.25, 0.3) is 0 Å². The molecule has 0 aliphatic heterocycles. The van der Waals surface area contributed by atoms with E-state index in [4.69, 9.17) is 0 Å². The summed E-state index contributed by atoms with van der Waals surface area (Å²) < 4.78 is 0. The first-order valence-corrected chi connectivity index (χ1v) is 4.82. The minimum Gasteiger partial charge on any atom is -0.378 e. The molecule has 0 atom stereocenters. The third-order valence-corrected chi connectivity index (χ3v) is 1.73. The summed E-state index contributed by atoms with van der Waals surface area (Å²) in [4.78, 5) is 2.16. The molecule has 0 fully saturated rings.